The highest BCUT2D eigenvalue weighted by Crippen LogP contribution is 2.46. The zero-order chi connectivity index (χ0) is 22.8. The van der Waals surface area contributed by atoms with Gasteiger partial charge in [-0.15, -0.1) is 0 Å². The lowest BCUT2D eigenvalue weighted by atomic mass is 9.62. The Kier molecular flexibility index (Phi) is 6.15. The van der Waals surface area contributed by atoms with Crippen LogP contribution in [0.2, 0.25) is 0 Å². The van der Waals surface area contributed by atoms with Crippen LogP contribution in [-0.4, -0.2) is 33.1 Å². The van der Waals surface area contributed by atoms with Gasteiger partial charge in [0.05, 0.1) is 4.92 Å². The number of carbonyl (C=O) groups is 3. The summed E-state index contributed by atoms with van der Waals surface area (Å²) in [5.74, 6) is -2.76. The predicted octanol–water partition coefficient (Wildman–Crippen LogP) is 4.14. The molecule has 1 unspecified atom stereocenters. The Morgan fingerprint density at radius 1 is 1.06 bits per heavy atom. The van der Waals surface area contributed by atoms with Crippen molar-refractivity contribution in [3.05, 3.63) is 75.8 Å². The van der Waals surface area contributed by atoms with Crippen LogP contribution in [0.15, 0.2) is 54.6 Å². The van der Waals surface area contributed by atoms with E-state index in [2.05, 4.69) is 4.89 Å². The standard InChI is InChI=1S/C23H23NO7/c1-22(2)13-20(26)23(31-30,21(27)14-22)18(12-19(25)16-6-4-3-5-7-16)15-8-10-17(11-9-15)24(28)29/h3-11,18,30H,12-14H2,1-2H3. The van der Waals surface area contributed by atoms with E-state index in [-0.39, 0.29) is 30.7 Å². The Balaban J connectivity index is 2.10. The summed E-state index contributed by atoms with van der Waals surface area (Å²) < 4.78 is 0. The van der Waals surface area contributed by atoms with Gasteiger partial charge in [0.25, 0.3) is 5.69 Å². The molecule has 162 valence electrons. The fourth-order valence-corrected chi connectivity index (χ4v) is 4.16. The second-order valence-corrected chi connectivity index (χ2v) is 8.59. The number of carbonyl (C=O) groups excluding carboxylic acids is 3. The van der Waals surface area contributed by atoms with Gasteiger partial charge in [0, 0.05) is 42.9 Å². The van der Waals surface area contributed by atoms with Gasteiger partial charge in [-0.25, -0.2) is 4.89 Å². The molecule has 0 aliphatic heterocycles. The zero-order valence-corrected chi connectivity index (χ0v) is 17.2. The minimum atomic E-state index is -2.25. The first kappa shape index (κ1) is 22.5. The van der Waals surface area contributed by atoms with E-state index in [0.29, 0.717) is 11.1 Å². The molecule has 1 N–H and O–H groups in total. The summed E-state index contributed by atoms with van der Waals surface area (Å²) >= 11 is 0. The summed E-state index contributed by atoms with van der Waals surface area (Å²) in [4.78, 5) is 54.4. The first-order chi connectivity index (χ1) is 14.6. The van der Waals surface area contributed by atoms with Crippen molar-refractivity contribution >= 4 is 23.0 Å². The van der Waals surface area contributed by atoms with Crippen molar-refractivity contribution in [1.82, 2.24) is 0 Å². The minimum Gasteiger partial charge on any atom is -0.296 e. The number of rotatable bonds is 7. The topological polar surface area (TPSA) is 124 Å². The van der Waals surface area contributed by atoms with Crippen LogP contribution in [-0.2, 0) is 14.5 Å². The number of benzene rings is 2. The minimum absolute atomic E-state index is 0.0255. The fraction of sp³-hybridized carbons (Fsp3) is 0.348. The predicted molar refractivity (Wildman–Crippen MR) is 111 cm³/mol. The van der Waals surface area contributed by atoms with Crippen LogP contribution in [0.5, 0.6) is 0 Å². The molecule has 0 radical (unpaired) electrons. The molecule has 0 bridgehead atoms. The molecular weight excluding hydrogens is 402 g/mol. The molecule has 2 aromatic carbocycles. The molecule has 31 heavy (non-hydrogen) atoms. The Morgan fingerprint density at radius 2 is 1.61 bits per heavy atom. The molecule has 8 nitrogen and oxygen atoms in total. The van der Waals surface area contributed by atoms with Crippen molar-refractivity contribution in [2.75, 3.05) is 0 Å². The van der Waals surface area contributed by atoms with E-state index in [4.69, 9.17) is 0 Å². The van der Waals surface area contributed by atoms with E-state index in [9.17, 15) is 29.8 Å². The van der Waals surface area contributed by atoms with Crippen LogP contribution in [0.4, 0.5) is 5.69 Å². The largest absolute Gasteiger partial charge is 0.296 e. The average molecular weight is 425 g/mol. The molecule has 0 spiro atoms. The molecule has 8 heteroatoms. The van der Waals surface area contributed by atoms with Crippen LogP contribution < -0.4 is 0 Å². The van der Waals surface area contributed by atoms with Gasteiger partial charge in [-0.3, -0.25) is 29.8 Å². The van der Waals surface area contributed by atoms with Crippen LogP contribution in [0.1, 0.15) is 54.9 Å². The summed E-state index contributed by atoms with van der Waals surface area (Å²) in [6.45, 7) is 3.53. The van der Waals surface area contributed by atoms with Crippen molar-refractivity contribution in [2.24, 2.45) is 5.41 Å². The Morgan fingerprint density at radius 3 is 2.10 bits per heavy atom. The molecular formula is C23H23NO7. The van der Waals surface area contributed by atoms with E-state index in [1.165, 1.54) is 24.3 Å². The number of Topliss-reactive ketones (excluding diaryl/α,β-unsaturated/α-hetero) is 3. The second-order valence-electron chi connectivity index (χ2n) is 8.59. The lowest BCUT2D eigenvalue weighted by molar-refractivity contribution is -0.384. The highest BCUT2D eigenvalue weighted by molar-refractivity contribution is 6.14. The molecule has 1 aliphatic carbocycles. The van der Waals surface area contributed by atoms with Crippen molar-refractivity contribution in [1.29, 1.82) is 0 Å². The van der Waals surface area contributed by atoms with Gasteiger partial charge in [0.15, 0.2) is 17.3 Å². The van der Waals surface area contributed by atoms with Gasteiger partial charge < -0.3 is 0 Å². The van der Waals surface area contributed by atoms with Crippen molar-refractivity contribution in [2.45, 2.75) is 44.6 Å². The van der Waals surface area contributed by atoms with Crippen LogP contribution in [0.3, 0.4) is 0 Å². The lowest BCUT2D eigenvalue weighted by Gasteiger charge is -2.42. The van der Waals surface area contributed by atoms with Gasteiger partial charge in [-0.05, 0) is 11.0 Å². The molecule has 1 aliphatic rings. The van der Waals surface area contributed by atoms with Crippen LogP contribution in [0.25, 0.3) is 0 Å². The quantitative estimate of drug-likeness (QED) is 0.232. The summed E-state index contributed by atoms with van der Waals surface area (Å²) in [5.41, 5.74) is -2.36. The Hall–Kier alpha value is -3.23. The molecule has 1 atom stereocenters. The normalized spacial score (nSPS) is 18.4. The number of hydrogen-bond donors (Lipinski definition) is 1. The van der Waals surface area contributed by atoms with Crippen molar-refractivity contribution < 1.29 is 29.5 Å². The second kappa shape index (κ2) is 8.49. The van der Waals surface area contributed by atoms with Gasteiger partial charge in [-0.1, -0.05) is 56.3 Å². The number of nitro groups is 1. The third-order valence-electron chi connectivity index (χ3n) is 5.73. The van der Waals surface area contributed by atoms with Crippen LogP contribution >= 0.6 is 0 Å². The number of non-ortho nitro benzene ring substituents is 1. The van der Waals surface area contributed by atoms with Gasteiger partial charge >= 0.3 is 0 Å². The molecule has 0 aromatic heterocycles. The van der Waals surface area contributed by atoms with E-state index in [1.54, 1.807) is 44.2 Å². The van der Waals surface area contributed by atoms with Crippen molar-refractivity contribution in [3.8, 4) is 0 Å². The number of nitrogens with zero attached hydrogens (tertiary/aromatic N) is 1. The third kappa shape index (κ3) is 4.30. The molecule has 2 aromatic rings. The molecule has 3 rings (SSSR count). The van der Waals surface area contributed by atoms with Gasteiger partial charge in [0.1, 0.15) is 0 Å². The Labute approximate surface area is 178 Å². The van der Waals surface area contributed by atoms with Crippen molar-refractivity contribution in [3.63, 3.8) is 0 Å². The molecule has 1 saturated carbocycles. The first-order valence-electron chi connectivity index (χ1n) is 9.82. The molecule has 0 heterocycles. The highest BCUT2D eigenvalue weighted by atomic mass is 17.1. The summed E-state index contributed by atoms with van der Waals surface area (Å²) in [5, 5.41) is 20.9. The fourth-order valence-electron chi connectivity index (χ4n) is 4.16. The first-order valence-corrected chi connectivity index (χ1v) is 9.82. The van der Waals surface area contributed by atoms with Gasteiger partial charge in [-0.2, -0.15) is 0 Å². The van der Waals surface area contributed by atoms with Crippen LogP contribution in [0, 0.1) is 15.5 Å². The van der Waals surface area contributed by atoms with E-state index in [1.807, 2.05) is 0 Å². The maximum Gasteiger partial charge on any atom is 0.269 e. The smallest absolute Gasteiger partial charge is 0.269 e. The van der Waals surface area contributed by atoms with E-state index < -0.39 is 33.4 Å². The SMILES string of the molecule is CC1(C)CC(=O)C(OO)(C(CC(=O)c2ccccc2)c2ccc([N+](=O)[O-])cc2)C(=O)C1. The number of ketones is 3. The maximum absolute atomic E-state index is 13.2. The zero-order valence-electron chi connectivity index (χ0n) is 17.2. The summed E-state index contributed by atoms with van der Waals surface area (Å²) in [6.07, 6.45) is -0.356. The summed E-state index contributed by atoms with van der Waals surface area (Å²) in [7, 11) is 0. The lowest BCUT2D eigenvalue weighted by Crippen LogP contribution is -2.58. The maximum atomic E-state index is 13.2. The Bertz CT molecular complexity index is 992. The summed E-state index contributed by atoms with van der Waals surface area (Å²) in [6, 6.07) is 13.5. The average Bonchev–Trinajstić information content (AvgIpc) is 2.73. The molecule has 1 fully saturated rings. The third-order valence-corrected chi connectivity index (χ3v) is 5.73. The highest BCUT2D eigenvalue weighted by Gasteiger charge is 2.59. The van der Waals surface area contributed by atoms with E-state index in [0.717, 1.165) is 0 Å². The molecule has 0 amide bonds. The number of hydrogen-bond acceptors (Lipinski definition) is 7. The molecule has 0 saturated heterocycles. The van der Waals surface area contributed by atoms with E-state index >= 15 is 0 Å². The monoisotopic (exact) mass is 425 g/mol. The van der Waals surface area contributed by atoms with Gasteiger partial charge in [0.2, 0.25) is 5.60 Å². The number of nitro benzene ring substituents is 1.